The first kappa shape index (κ1) is 13.8. The lowest BCUT2D eigenvalue weighted by Crippen LogP contribution is -2.17. The van der Waals surface area contributed by atoms with Crippen molar-refractivity contribution in [2.45, 2.75) is 6.36 Å². The van der Waals surface area contributed by atoms with Crippen LogP contribution in [0.1, 0.15) is 5.56 Å². The van der Waals surface area contributed by atoms with Gasteiger partial charge in [-0.25, -0.2) is 0 Å². The number of hydrogen-bond acceptors (Lipinski definition) is 4. The van der Waals surface area contributed by atoms with Crippen LogP contribution in [0.15, 0.2) is 24.4 Å². The Balaban J connectivity index is 3.12. The second-order valence-corrected chi connectivity index (χ2v) is 3.05. The zero-order valence-corrected chi connectivity index (χ0v) is 9.10. The van der Waals surface area contributed by atoms with Gasteiger partial charge in [0.1, 0.15) is 11.5 Å². The van der Waals surface area contributed by atoms with Gasteiger partial charge in [-0.3, -0.25) is 10.1 Å². The van der Waals surface area contributed by atoms with Crippen molar-refractivity contribution in [1.29, 1.82) is 0 Å². The minimum Gasteiger partial charge on any atom is -0.497 e. The molecule has 0 aliphatic heterocycles. The summed E-state index contributed by atoms with van der Waals surface area (Å²) in [6.07, 6.45) is -3.46. The SMILES string of the molecule is COc1ccc(OC(F)(F)F)c(C=C[N+](=O)[O-])c1. The maximum absolute atomic E-state index is 12.1. The summed E-state index contributed by atoms with van der Waals surface area (Å²) in [7, 11) is 1.32. The molecule has 0 radical (unpaired) electrons. The van der Waals surface area contributed by atoms with Crippen LogP contribution in [-0.4, -0.2) is 18.4 Å². The molecule has 5 nitrogen and oxygen atoms in total. The predicted molar refractivity (Wildman–Crippen MR) is 55.7 cm³/mol. The highest BCUT2D eigenvalue weighted by Gasteiger charge is 2.32. The van der Waals surface area contributed by atoms with E-state index in [1.807, 2.05) is 0 Å². The molecule has 0 spiro atoms. The highest BCUT2D eigenvalue weighted by atomic mass is 19.4. The molecule has 0 aliphatic carbocycles. The number of benzene rings is 1. The van der Waals surface area contributed by atoms with Crippen molar-refractivity contribution >= 4 is 6.08 Å². The van der Waals surface area contributed by atoms with Gasteiger partial charge in [0.05, 0.1) is 12.0 Å². The Morgan fingerprint density at radius 1 is 1.39 bits per heavy atom. The molecule has 98 valence electrons. The fourth-order valence-corrected chi connectivity index (χ4v) is 1.14. The molecule has 0 heterocycles. The van der Waals surface area contributed by atoms with Crippen LogP contribution in [0.3, 0.4) is 0 Å². The molecule has 0 aliphatic rings. The lowest BCUT2D eigenvalue weighted by Gasteiger charge is -2.12. The van der Waals surface area contributed by atoms with Crippen molar-refractivity contribution in [2.24, 2.45) is 0 Å². The summed E-state index contributed by atoms with van der Waals surface area (Å²) in [5, 5.41) is 10.1. The quantitative estimate of drug-likeness (QED) is 0.619. The van der Waals surface area contributed by atoms with Gasteiger partial charge in [-0.05, 0) is 18.2 Å². The maximum Gasteiger partial charge on any atom is 0.573 e. The molecule has 0 bridgehead atoms. The summed E-state index contributed by atoms with van der Waals surface area (Å²) < 4.78 is 44.8. The lowest BCUT2D eigenvalue weighted by atomic mass is 10.2. The number of nitro groups is 1. The molecule has 0 aromatic heterocycles. The Bertz CT molecular complexity index is 471. The molecule has 0 unspecified atom stereocenters. The van der Waals surface area contributed by atoms with Gasteiger partial charge < -0.3 is 9.47 Å². The van der Waals surface area contributed by atoms with Crippen LogP contribution in [0.25, 0.3) is 6.08 Å². The zero-order chi connectivity index (χ0) is 13.8. The minimum atomic E-state index is -4.87. The van der Waals surface area contributed by atoms with Crippen molar-refractivity contribution in [1.82, 2.24) is 0 Å². The van der Waals surface area contributed by atoms with E-state index < -0.39 is 17.0 Å². The van der Waals surface area contributed by atoms with Gasteiger partial charge in [-0.1, -0.05) is 0 Å². The third-order valence-electron chi connectivity index (χ3n) is 1.82. The molecule has 1 aromatic rings. The van der Waals surface area contributed by atoms with E-state index in [-0.39, 0.29) is 11.3 Å². The van der Waals surface area contributed by atoms with E-state index in [9.17, 15) is 23.3 Å². The normalized spacial score (nSPS) is 11.6. The Kier molecular flexibility index (Phi) is 4.13. The Hall–Kier alpha value is -2.25. The fourth-order valence-electron chi connectivity index (χ4n) is 1.14. The van der Waals surface area contributed by atoms with Gasteiger partial charge in [0.2, 0.25) is 6.20 Å². The van der Waals surface area contributed by atoms with Gasteiger partial charge in [0.15, 0.2) is 0 Å². The number of methoxy groups -OCH3 is 1. The summed E-state index contributed by atoms with van der Waals surface area (Å²) in [5.41, 5.74) is -0.108. The van der Waals surface area contributed by atoms with E-state index in [0.29, 0.717) is 6.20 Å². The first-order valence-electron chi connectivity index (χ1n) is 4.57. The van der Waals surface area contributed by atoms with E-state index in [0.717, 1.165) is 12.1 Å². The number of nitrogens with zero attached hydrogens (tertiary/aromatic N) is 1. The van der Waals surface area contributed by atoms with Crippen LogP contribution in [-0.2, 0) is 0 Å². The Labute approximate surface area is 99.6 Å². The predicted octanol–water partition coefficient (Wildman–Crippen LogP) is 2.84. The molecular formula is C10H8F3NO4. The highest BCUT2D eigenvalue weighted by molar-refractivity contribution is 5.59. The molecule has 0 atom stereocenters. The second kappa shape index (κ2) is 5.39. The lowest BCUT2D eigenvalue weighted by molar-refractivity contribution is -0.401. The third kappa shape index (κ3) is 4.32. The fraction of sp³-hybridized carbons (Fsp3) is 0.200. The molecule has 0 amide bonds. The number of hydrogen-bond donors (Lipinski definition) is 0. The number of rotatable bonds is 4. The van der Waals surface area contributed by atoms with Crippen molar-refractivity contribution in [3.05, 3.63) is 40.1 Å². The van der Waals surface area contributed by atoms with Crippen LogP contribution in [0.5, 0.6) is 11.5 Å². The molecule has 18 heavy (non-hydrogen) atoms. The van der Waals surface area contributed by atoms with E-state index in [1.54, 1.807) is 0 Å². The standard InChI is InChI=1S/C10H8F3NO4/c1-17-8-2-3-9(18-10(11,12)13)7(6-8)4-5-14(15)16/h2-6H,1H3. The first-order chi connectivity index (χ1) is 8.31. The number of alkyl halides is 3. The molecule has 0 saturated heterocycles. The monoisotopic (exact) mass is 263 g/mol. The summed E-state index contributed by atoms with van der Waals surface area (Å²) in [6.45, 7) is 0. The Morgan fingerprint density at radius 3 is 2.56 bits per heavy atom. The molecular weight excluding hydrogens is 255 g/mol. The largest absolute Gasteiger partial charge is 0.573 e. The molecule has 0 N–H and O–H groups in total. The van der Waals surface area contributed by atoms with Gasteiger partial charge in [-0.15, -0.1) is 13.2 Å². The highest BCUT2D eigenvalue weighted by Crippen LogP contribution is 2.30. The average Bonchev–Trinajstić information content (AvgIpc) is 2.25. The van der Waals surface area contributed by atoms with Crippen molar-refractivity contribution in [2.75, 3.05) is 7.11 Å². The van der Waals surface area contributed by atoms with Crippen molar-refractivity contribution in [3.8, 4) is 11.5 Å². The van der Waals surface area contributed by atoms with E-state index >= 15 is 0 Å². The van der Waals surface area contributed by atoms with Crippen LogP contribution >= 0.6 is 0 Å². The van der Waals surface area contributed by atoms with Crippen LogP contribution in [0.4, 0.5) is 13.2 Å². The van der Waals surface area contributed by atoms with E-state index in [1.165, 1.54) is 19.2 Å². The van der Waals surface area contributed by atoms with Crippen LogP contribution in [0, 0.1) is 10.1 Å². The first-order valence-corrected chi connectivity index (χ1v) is 4.57. The number of halogens is 3. The van der Waals surface area contributed by atoms with Crippen LogP contribution in [0.2, 0.25) is 0 Å². The van der Waals surface area contributed by atoms with Crippen LogP contribution < -0.4 is 9.47 Å². The summed E-state index contributed by atoms with van der Waals surface area (Å²) in [4.78, 5) is 9.35. The Morgan fingerprint density at radius 2 is 2.06 bits per heavy atom. The second-order valence-electron chi connectivity index (χ2n) is 3.05. The van der Waals surface area contributed by atoms with E-state index in [2.05, 4.69) is 4.74 Å². The molecule has 1 rings (SSSR count). The van der Waals surface area contributed by atoms with Gasteiger partial charge in [0.25, 0.3) is 0 Å². The minimum absolute atomic E-state index is 0.108. The molecule has 1 aromatic carbocycles. The maximum atomic E-state index is 12.1. The molecule has 8 heteroatoms. The molecule has 0 fully saturated rings. The van der Waals surface area contributed by atoms with Crippen molar-refractivity contribution < 1.29 is 27.6 Å². The molecule has 0 saturated carbocycles. The summed E-state index contributed by atoms with van der Waals surface area (Å²) in [5.74, 6) is -0.283. The van der Waals surface area contributed by atoms with Gasteiger partial charge in [-0.2, -0.15) is 0 Å². The zero-order valence-electron chi connectivity index (χ0n) is 9.10. The third-order valence-corrected chi connectivity index (χ3v) is 1.82. The average molecular weight is 263 g/mol. The van der Waals surface area contributed by atoms with Crippen molar-refractivity contribution in [3.63, 3.8) is 0 Å². The smallest absolute Gasteiger partial charge is 0.497 e. The summed E-state index contributed by atoms with van der Waals surface area (Å²) >= 11 is 0. The van der Waals surface area contributed by atoms with Gasteiger partial charge in [0, 0.05) is 11.6 Å². The number of ether oxygens (including phenoxy) is 2. The van der Waals surface area contributed by atoms with Gasteiger partial charge >= 0.3 is 6.36 Å². The van der Waals surface area contributed by atoms with E-state index in [4.69, 9.17) is 4.74 Å². The summed E-state index contributed by atoms with van der Waals surface area (Å²) in [6, 6.07) is 3.47. The topological polar surface area (TPSA) is 61.6 Å².